The lowest BCUT2D eigenvalue weighted by molar-refractivity contribution is 0.0692. The zero-order valence-corrected chi connectivity index (χ0v) is 12.3. The highest BCUT2D eigenvalue weighted by Gasteiger charge is 2.20. The Labute approximate surface area is 131 Å². The topological polar surface area (TPSA) is 99.5 Å². The maximum Gasteiger partial charge on any atom is 0.358 e. The fourth-order valence-electron chi connectivity index (χ4n) is 2.29. The Morgan fingerprint density at radius 3 is 2.74 bits per heavy atom. The molecule has 0 atom stereocenters. The maximum absolute atomic E-state index is 11.4. The van der Waals surface area contributed by atoms with Crippen molar-refractivity contribution in [3.63, 3.8) is 0 Å². The van der Waals surface area contributed by atoms with Gasteiger partial charge in [-0.15, -0.1) is 10.2 Å². The monoisotopic (exact) mass is 310 g/mol. The number of carboxylic acids is 1. The van der Waals surface area contributed by atoms with E-state index in [1.807, 2.05) is 31.2 Å². The van der Waals surface area contributed by atoms with Gasteiger partial charge >= 0.3 is 5.97 Å². The summed E-state index contributed by atoms with van der Waals surface area (Å²) in [5.41, 5.74) is 1.54. The second-order valence-corrected chi connectivity index (χ2v) is 4.86. The number of aryl methyl sites for hydroxylation is 1. The number of rotatable bonds is 4. The first-order chi connectivity index (χ1) is 11.1. The van der Waals surface area contributed by atoms with Gasteiger partial charge in [-0.2, -0.15) is 0 Å². The second kappa shape index (κ2) is 5.88. The zero-order chi connectivity index (χ0) is 16.4. The number of fused-ring (bicyclic) bond motifs is 1. The smallest absolute Gasteiger partial charge is 0.358 e. The van der Waals surface area contributed by atoms with E-state index < -0.39 is 5.97 Å². The van der Waals surface area contributed by atoms with E-state index >= 15 is 0 Å². The maximum atomic E-state index is 11.4. The molecular formula is C16H14N4O3. The molecule has 2 N–H and O–H groups in total. The van der Waals surface area contributed by atoms with Gasteiger partial charge in [-0.05, 0) is 30.2 Å². The molecule has 0 fully saturated rings. The van der Waals surface area contributed by atoms with Crippen molar-refractivity contribution < 1.29 is 15.0 Å². The zero-order valence-electron chi connectivity index (χ0n) is 12.3. The molecule has 116 valence electrons. The standard InChI is InChI=1S/C16H14N4O3/c1-2-10-6-3-4-7-11(10)18-19-15-13(16(22)23)17-14-12(21)8-5-9-20(14)15/h3-9,21H,2H2,1H3,(H,22,23). The van der Waals surface area contributed by atoms with Crippen LogP contribution in [-0.4, -0.2) is 25.6 Å². The van der Waals surface area contributed by atoms with Crippen LogP contribution < -0.4 is 0 Å². The fraction of sp³-hybridized carbons (Fsp3) is 0.125. The highest BCUT2D eigenvalue weighted by atomic mass is 16.4. The lowest BCUT2D eigenvalue weighted by Crippen LogP contribution is -1.96. The molecule has 0 radical (unpaired) electrons. The van der Waals surface area contributed by atoms with Crippen molar-refractivity contribution in [1.82, 2.24) is 9.38 Å². The molecule has 1 aromatic carbocycles. The number of imidazole rings is 1. The van der Waals surface area contributed by atoms with Crippen molar-refractivity contribution >= 4 is 23.1 Å². The number of aromatic carboxylic acids is 1. The number of pyridine rings is 1. The normalized spacial score (nSPS) is 11.3. The first-order valence-corrected chi connectivity index (χ1v) is 7.04. The molecule has 0 spiro atoms. The van der Waals surface area contributed by atoms with Gasteiger partial charge in [0.15, 0.2) is 22.9 Å². The lowest BCUT2D eigenvalue weighted by Gasteiger charge is -2.01. The van der Waals surface area contributed by atoms with E-state index in [-0.39, 0.29) is 22.9 Å². The summed E-state index contributed by atoms with van der Waals surface area (Å²) in [4.78, 5) is 15.3. The summed E-state index contributed by atoms with van der Waals surface area (Å²) in [5.74, 6) is -1.29. The minimum atomic E-state index is -1.23. The van der Waals surface area contributed by atoms with E-state index in [1.54, 1.807) is 12.3 Å². The number of nitrogens with zero attached hydrogens (tertiary/aromatic N) is 4. The number of hydrogen-bond acceptors (Lipinski definition) is 5. The number of hydrogen-bond donors (Lipinski definition) is 2. The van der Waals surface area contributed by atoms with Crippen LogP contribution in [0.25, 0.3) is 5.65 Å². The molecule has 0 aliphatic rings. The first-order valence-electron chi connectivity index (χ1n) is 7.04. The SMILES string of the molecule is CCc1ccccc1N=Nc1c(C(=O)O)nc2c(O)cccn12. The summed E-state index contributed by atoms with van der Waals surface area (Å²) in [5, 5.41) is 27.3. The Hall–Kier alpha value is -3.22. The van der Waals surface area contributed by atoms with Gasteiger partial charge in [0.2, 0.25) is 0 Å². The summed E-state index contributed by atoms with van der Waals surface area (Å²) >= 11 is 0. The lowest BCUT2D eigenvalue weighted by atomic mass is 10.1. The molecule has 23 heavy (non-hydrogen) atoms. The van der Waals surface area contributed by atoms with Crippen molar-refractivity contribution in [2.45, 2.75) is 13.3 Å². The summed E-state index contributed by atoms with van der Waals surface area (Å²) in [6.45, 7) is 2.00. The average molecular weight is 310 g/mol. The van der Waals surface area contributed by atoms with Gasteiger partial charge in [-0.1, -0.05) is 25.1 Å². The van der Waals surface area contributed by atoms with Crippen molar-refractivity contribution in [1.29, 1.82) is 0 Å². The van der Waals surface area contributed by atoms with E-state index in [0.717, 1.165) is 12.0 Å². The number of benzene rings is 1. The van der Waals surface area contributed by atoms with Gasteiger partial charge in [0, 0.05) is 6.20 Å². The van der Waals surface area contributed by atoms with E-state index in [9.17, 15) is 15.0 Å². The van der Waals surface area contributed by atoms with Crippen LogP contribution in [0.15, 0.2) is 52.8 Å². The van der Waals surface area contributed by atoms with Crippen molar-refractivity contribution in [3.8, 4) is 5.75 Å². The van der Waals surface area contributed by atoms with Gasteiger partial charge in [-0.25, -0.2) is 9.78 Å². The molecule has 0 unspecified atom stereocenters. The molecule has 3 aromatic rings. The number of aromatic hydroxyl groups is 1. The van der Waals surface area contributed by atoms with Crippen LogP contribution in [0.4, 0.5) is 11.5 Å². The van der Waals surface area contributed by atoms with Crippen molar-refractivity contribution in [3.05, 3.63) is 53.9 Å². The Kier molecular flexibility index (Phi) is 3.76. The molecule has 7 nitrogen and oxygen atoms in total. The summed E-state index contributed by atoms with van der Waals surface area (Å²) in [6.07, 6.45) is 2.36. The van der Waals surface area contributed by atoms with Crippen LogP contribution in [0.3, 0.4) is 0 Å². The molecule has 0 aliphatic heterocycles. The number of aromatic nitrogens is 2. The van der Waals surface area contributed by atoms with E-state index in [0.29, 0.717) is 5.69 Å². The Morgan fingerprint density at radius 2 is 2.00 bits per heavy atom. The number of carboxylic acid groups (broad SMARTS) is 1. The van der Waals surface area contributed by atoms with E-state index in [4.69, 9.17) is 0 Å². The molecule has 0 saturated carbocycles. The highest BCUT2D eigenvalue weighted by Crippen LogP contribution is 2.29. The third kappa shape index (κ3) is 2.64. The molecule has 0 bridgehead atoms. The van der Waals surface area contributed by atoms with E-state index in [2.05, 4.69) is 15.2 Å². The van der Waals surface area contributed by atoms with Crippen LogP contribution in [0.2, 0.25) is 0 Å². The average Bonchev–Trinajstić information content (AvgIpc) is 2.93. The van der Waals surface area contributed by atoms with Crippen LogP contribution >= 0.6 is 0 Å². The van der Waals surface area contributed by atoms with Crippen LogP contribution in [0, 0.1) is 0 Å². The third-order valence-corrected chi connectivity index (χ3v) is 3.43. The predicted octanol–water partition coefficient (Wildman–Crippen LogP) is 3.72. The predicted molar refractivity (Wildman–Crippen MR) is 83.8 cm³/mol. The quantitative estimate of drug-likeness (QED) is 0.717. The number of azo groups is 1. The molecule has 0 aliphatic carbocycles. The molecule has 7 heteroatoms. The van der Waals surface area contributed by atoms with Crippen LogP contribution in [0.5, 0.6) is 5.75 Å². The van der Waals surface area contributed by atoms with Gasteiger partial charge in [-0.3, -0.25) is 4.40 Å². The summed E-state index contributed by atoms with van der Waals surface area (Å²) in [6, 6.07) is 10.5. The van der Waals surface area contributed by atoms with Gasteiger partial charge in [0.25, 0.3) is 0 Å². The molecular weight excluding hydrogens is 296 g/mol. The molecule has 2 aromatic heterocycles. The van der Waals surface area contributed by atoms with Gasteiger partial charge in [0.05, 0.1) is 5.69 Å². The third-order valence-electron chi connectivity index (χ3n) is 3.43. The molecule has 0 amide bonds. The highest BCUT2D eigenvalue weighted by molar-refractivity contribution is 5.92. The minimum Gasteiger partial charge on any atom is -0.504 e. The number of carbonyl (C=O) groups is 1. The molecule has 0 saturated heterocycles. The van der Waals surface area contributed by atoms with Crippen LogP contribution in [0.1, 0.15) is 23.0 Å². The molecule has 3 rings (SSSR count). The van der Waals surface area contributed by atoms with Gasteiger partial charge < -0.3 is 10.2 Å². The Balaban J connectivity index is 2.15. The Morgan fingerprint density at radius 1 is 1.22 bits per heavy atom. The first kappa shape index (κ1) is 14.7. The fourth-order valence-corrected chi connectivity index (χ4v) is 2.29. The second-order valence-electron chi connectivity index (χ2n) is 4.86. The largest absolute Gasteiger partial charge is 0.504 e. The van der Waals surface area contributed by atoms with Crippen molar-refractivity contribution in [2.75, 3.05) is 0 Å². The van der Waals surface area contributed by atoms with E-state index in [1.165, 1.54) is 10.5 Å². The minimum absolute atomic E-state index is 0.0642. The molecule has 2 heterocycles. The Bertz CT molecular complexity index is 915. The summed E-state index contributed by atoms with van der Waals surface area (Å²) < 4.78 is 1.40. The van der Waals surface area contributed by atoms with Crippen LogP contribution in [-0.2, 0) is 6.42 Å². The summed E-state index contributed by atoms with van der Waals surface area (Å²) in [7, 11) is 0. The van der Waals surface area contributed by atoms with Gasteiger partial charge in [0.1, 0.15) is 0 Å². The van der Waals surface area contributed by atoms with Crippen molar-refractivity contribution in [2.24, 2.45) is 10.2 Å².